The van der Waals surface area contributed by atoms with E-state index in [0.717, 1.165) is 6.42 Å². The van der Waals surface area contributed by atoms with Crippen molar-refractivity contribution in [1.82, 2.24) is 0 Å². The molecule has 3 heteroatoms. The molecule has 0 bridgehead atoms. The van der Waals surface area contributed by atoms with Gasteiger partial charge in [-0.05, 0) is 43.5 Å². The quantitative estimate of drug-likeness (QED) is 0.285. The summed E-state index contributed by atoms with van der Waals surface area (Å²) in [5, 5.41) is 5.59. The van der Waals surface area contributed by atoms with Gasteiger partial charge in [0.05, 0.1) is 0 Å². The number of rotatable bonds is 9. The highest BCUT2D eigenvalue weighted by molar-refractivity contribution is 7.74. The van der Waals surface area contributed by atoms with Crippen molar-refractivity contribution in [3.05, 3.63) is 121 Å². The van der Waals surface area contributed by atoms with Crippen LogP contribution in [0.3, 0.4) is 0 Å². The van der Waals surface area contributed by atoms with Crippen molar-refractivity contribution in [3.8, 4) is 0 Å². The van der Waals surface area contributed by atoms with Crippen molar-refractivity contribution in [2.24, 2.45) is 5.73 Å². The summed E-state index contributed by atoms with van der Waals surface area (Å²) in [4.78, 5) is 0. The third kappa shape index (κ3) is 5.18. The summed E-state index contributed by atoms with van der Waals surface area (Å²) >= 11 is 0. The first-order valence-corrected chi connectivity index (χ1v) is 15.0. The summed E-state index contributed by atoms with van der Waals surface area (Å²) in [5.41, 5.74) is 7.86. The lowest BCUT2D eigenvalue weighted by Crippen LogP contribution is -2.58. The SMILES string of the molecule is CCC(N)(C(C)P(c1ccccc1)c1ccccc1)C(C)P(c1ccccc1)c1ccccc1. The van der Waals surface area contributed by atoms with Gasteiger partial charge in [-0.15, -0.1) is 0 Å². The summed E-state index contributed by atoms with van der Waals surface area (Å²) < 4.78 is 0. The highest BCUT2D eigenvalue weighted by Gasteiger charge is 2.44. The fraction of sp³-hybridized carbons (Fsp3) is 0.226. The van der Waals surface area contributed by atoms with Crippen molar-refractivity contribution in [1.29, 1.82) is 0 Å². The Hall–Kier alpha value is -2.30. The lowest BCUT2D eigenvalue weighted by Gasteiger charge is -2.47. The molecular formula is C31H35NP2. The molecule has 4 rings (SSSR count). The minimum Gasteiger partial charge on any atom is -0.324 e. The molecule has 174 valence electrons. The van der Waals surface area contributed by atoms with Crippen LogP contribution in [0.15, 0.2) is 121 Å². The first-order valence-electron chi connectivity index (χ1n) is 12.1. The molecule has 2 unspecified atom stereocenters. The van der Waals surface area contributed by atoms with E-state index in [2.05, 4.69) is 142 Å². The van der Waals surface area contributed by atoms with Crippen LogP contribution in [0.25, 0.3) is 0 Å². The van der Waals surface area contributed by atoms with Gasteiger partial charge in [-0.3, -0.25) is 0 Å². The Morgan fingerprint density at radius 3 is 0.971 bits per heavy atom. The fourth-order valence-corrected chi connectivity index (χ4v) is 11.2. The molecule has 0 saturated heterocycles. The van der Waals surface area contributed by atoms with Gasteiger partial charge in [0.15, 0.2) is 0 Å². The normalized spacial score (nSPS) is 15.1. The van der Waals surface area contributed by atoms with Crippen molar-refractivity contribution in [2.45, 2.75) is 44.0 Å². The predicted octanol–water partition coefficient (Wildman–Crippen LogP) is 6.14. The highest BCUT2D eigenvalue weighted by Crippen LogP contribution is 2.52. The molecule has 0 radical (unpaired) electrons. The van der Waals surface area contributed by atoms with Crippen LogP contribution in [0.1, 0.15) is 27.2 Å². The monoisotopic (exact) mass is 483 g/mol. The molecule has 0 saturated carbocycles. The molecule has 0 aromatic heterocycles. The Morgan fingerprint density at radius 2 is 0.765 bits per heavy atom. The molecule has 2 atom stereocenters. The number of nitrogens with two attached hydrogens (primary N) is 1. The minimum atomic E-state index is -0.616. The van der Waals surface area contributed by atoms with E-state index in [1.165, 1.54) is 21.2 Å². The second-order valence-electron chi connectivity index (χ2n) is 8.90. The zero-order chi connectivity index (χ0) is 24.0. The summed E-state index contributed by atoms with van der Waals surface area (Å²) in [6.07, 6.45) is 0.937. The Bertz CT molecular complexity index is 965. The van der Waals surface area contributed by atoms with E-state index in [1.54, 1.807) is 0 Å². The van der Waals surface area contributed by atoms with E-state index in [0.29, 0.717) is 11.3 Å². The molecule has 34 heavy (non-hydrogen) atoms. The maximum Gasteiger partial charge on any atom is 0.0295 e. The van der Waals surface area contributed by atoms with Gasteiger partial charge in [0, 0.05) is 16.9 Å². The molecule has 0 heterocycles. The zero-order valence-corrected chi connectivity index (χ0v) is 22.2. The zero-order valence-electron chi connectivity index (χ0n) is 20.4. The third-order valence-corrected chi connectivity index (χ3v) is 13.0. The van der Waals surface area contributed by atoms with Crippen LogP contribution in [0.2, 0.25) is 0 Å². The minimum absolute atomic E-state index is 0.310. The summed E-state index contributed by atoms with van der Waals surface area (Å²) in [5.74, 6) is 0. The standard InChI is InChI=1S/C31H35NP2/c1-4-31(32,25(2)33(27-17-9-5-10-18-27)28-19-11-6-12-20-28)26(3)34(29-21-13-7-14-22-29)30-23-15-8-16-24-30/h5-26H,4,32H2,1-3H3. The average Bonchev–Trinajstić information content (AvgIpc) is 2.91. The summed E-state index contributed by atoms with van der Waals surface area (Å²) in [6.45, 7) is 7.07. The summed E-state index contributed by atoms with van der Waals surface area (Å²) in [7, 11) is -1.23. The Morgan fingerprint density at radius 1 is 0.529 bits per heavy atom. The van der Waals surface area contributed by atoms with Crippen LogP contribution in [0.5, 0.6) is 0 Å². The molecule has 0 aliphatic carbocycles. The maximum absolute atomic E-state index is 7.57. The third-order valence-electron chi connectivity index (χ3n) is 7.08. The van der Waals surface area contributed by atoms with Gasteiger partial charge in [-0.1, -0.05) is 142 Å². The van der Waals surface area contributed by atoms with Gasteiger partial charge in [-0.25, -0.2) is 0 Å². The van der Waals surface area contributed by atoms with Gasteiger partial charge in [-0.2, -0.15) is 0 Å². The van der Waals surface area contributed by atoms with Crippen LogP contribution in [-0.4, -0.2) is 16.9 Å². The molecule has 1 nitrogen and oxygen atoms in total. The van der Waals surface area contributed by atoms with Crippen LogP contribution in [0, 0.1) is 0 Å². The molecule has 0 spiro atoms. The Labute approximate surface area is 207 Å². The molecule has 0 aliphatic rings. The van der Waals surface area contributed by atoms with Crippen molar-refractivity contribution in [2.75, 3.05) is 0 Å². The Kier molecular flexibility index (Phi) is 8.33. The van der Waals surface area contributed by atoms with Crippen LogP contribution in [0.4, 0.5) is 0 Å². The predicted molar refractivity (Wildman–Crippen MR) is 154 cm³/mol. The van der Waals surface area contributed by atoms with E-state index < -0.39 is 15.8 Å². The smallest absolute Gasteiger partial charge is 0.0295 e. The first-order chi connectivity index (χ1) is 16.6. The van der Waals surface area contributed by atoms with Crippen molar-refractivity contribution in [3.63, 3.8) is 0 Å². The Balaban J connectivity index is 1.80. The van der Waals surface area contributed by atoms with Gasteiger partial charge < -0.3 is 5.73 Å². The molecule has 4 aromatic rings. The van der Waals surface area contributed by atoms with Crippen molar-refractivity contribution < 1.29 is 0 Å². The van der Waals surface area contributed by atoms with Gasteiger partial charge >= 0.3 is 0 Å². The second-order valence-corrected chi connectivity index (χ2v) is 14.0. The van der Waals surface area contributed by atoms with E-state index in [9.17, 15) is 0 Å². The first kappa shape index (κ1) is 24.8. The molecule has 4 aromatic carbocycles. The molecule has 0 fully saturated rings. The van der Waals surface area contributed by atoms with E-state index in [1.807, 2.05) is 0 Å². The maximum atomic E-state index is 7.57. The van der Waals surface area contributed by atoms with Gasteiger partial charge in [0.25, 0.3) is 0 Å². The largest absolute Gasteiger partial charge is 0.324 e. The topological polar surface area (TPSA) is 26.0 Å². The fourth-order valence-electron chi connectivity index (χ4n) is 4.97. The molecular weight excluding hydrogens is 448 g/mol. The lowest BCUT2D eigenvalue weighted by atomic mass is 9.90. The number of benzene rings is 4. The summed E-state index contributed by atoms with van der Waals surface area (Å²) in [6, 6.07) is 44.0. The van der Waals surface area contributed by atoms with Crippen LogP contribution in [-0.2, 0) is 0 Å². The second kappa shape index (κ2) is 11.4. The molecule has 0 aliphatic heterocycles. The van der Waals surface area contributed by atoms with E-state index in [-0.39, 0.29) is 5.54 Å². The van der Waals surface area contributed by atoms with Crippen molar-refractivity contribution >= 4 is 37.1 Å². The lowest BCUT2D eigenvalue weighted by molar-refractivity contribution is 0.399. The van der Waals surface area contributed by atoms with Crippen LogP contribution < -0.4 is 27.0 Å². The average molecular weight is 484 g/mol. The van der Waals surface area contributed by atoms with E-state index in [4.69, 9.17) is 5.73 Å². The van der Waals surface area contributed by atoms with Gasteiger partial charge in [0.1, 0.15) is 0 Å². The number of hydrogen-bond donors (Lipinski definition) is 1. The van der Waals surface area contributed by atoms with E-state index >= 15 is 0 Å². The molecule has 0 amide bonds. The molecule has 2 N–H and O–H groups in total. The van der Waals surface area contributed by atoms with Gasteiger partial charge in [0.2, 0.25) is 0 Å². The number of hydrogen-bond acceptors (Lipinski definition) is 1. The highest BCUT2D eigenvalue weighted by atomic mass is 31.1. The van der Waals surface area contributed by atoms with Crippen LogP contribution >= 0.6 is 15.8 Å².